The highest BCUT2D eigenvalue weighted by Gasteiger charge is 2.06. The number of hydrogen-bond donors (Lipinski definition) is 0. The van der Waals surface area contributed by atoms with Crippen molar-refractivity contribution in [2.24, 2.45) is 0 Å². The first kappa shape index (κ1) is 25.4. The molecule has 140 valence electrons. The first-order valence-corrected chi connectivity index (χ1v) is 9.79. The van der Waals surface area contributed by atoms with Crippen molar-refractivity contribution >= 4 is 5.57 Å². The van der Waals surface area contributed by atoms with Gasteiger partial charge in [0, 0.05) is 0 Å². The largest absolute Gasteiger partial charge is 0.0955 e. The van der Waals surface area contributed by atoms with Gasteiger partial charge < -0.3 is 0 Å². The molecule has 0 aromatic heterocycles. The summed E-state index contributed by atoms with van der Waals surface area (Å²) in [7, 11) is 0. The summed E-state index contributed by atoms with van der Waals surface area (Å²) in [6.45, 7) is 22.7. The van der Waals surface area contributed by atoms with Crippen molar-refractivity contribution < 1.29 is 0 Å². The van der Waals surface area contributed by atoms with E-state index in [0.29, 0.717) is 0 Å². The topological polar surface area (TPSA) is 0 Å². The van der Waals surface area contributed by atoms with Crippen LogP contribution in [0, 0.1) is 13.8 Å². The van der Waals surface area contributed by atoms with E-state index in [0.717, 1.165) is 12.0 Å². The lowest BCUT2D eigenvalue weighted by atomic mass is 9.93. The minimum Gasteiger partial charge on any atom is -0.0955 e. The minimum atomic E-state index is 0.981. The van der Waals surface area contributed by atoms with Crippen LogP contribution in [0.1, 0.15) is 82.7 Å². The first-order valence-electron chi connectivity index (χ1n) is 9.79. The fraction of sp³-hybridized carbons (Fsp3) is 0.440. The van der Waals surface area contributed by atoms with Crippen LogP contribution in [-0.4, -0.2) is 0 Å². The molecule has 0 bridgehead atoms. The molecule has 0 radical (unpaired) electrons. The Bertz CT molecular complexity index is 591. The van der Waals surface area contributed by atoms with Crippen molar-refractivity contribution in [1.82, 2.24) is 0 Å². The molecule has 25 heavy (non-hydrogen) atoms. The summed E-state index contributed by atoms with van der Waals surface area (Å²) in [6, 6.07) is 15.2. The molecule has 0 aliphatic carbocycles. The molecule has 0 aliphatic heterocycles. The van der Waals surface area contributed by atoms with Crippen molar-refractivity contribution in [3.05, 3.63) is 76.9 Å². The van der Waals surface area contributed by atoms with E-state index in [1.807, 2.05) is 27.7 Å². The van der Waals surface area contributed by atoms with Crippen LogP contribution in [0.5, 0.6) is 0 Å². The van der Waals surface area contributed by atoms with Gasteiger partial charge in [-0.25, -0.2) is 0 Å². The molecule has 0 N–H and O–H groups in total. The van der Waals surface area contributed by atoms with Crippen molar-refractivity contribution in [2.45, 2.75) is 75.2 Å². The highest BCUT2D eigenvalue weighted by Crippen LogP contribution is 2.23. The maximum absolute atomic E-state index is 4.09. The van der Waals surface area contributed by atoms with Gasteiger partial charge >= 0.3 is 0 Å². The van der Waals surface area contributed by atoms with Crippen LogP contribution in [0.4, 0.5) is 0 Å². The molecule has 0 nitrogen and oxygen atoms in total. The minimum absolute atomic E-state index is 0.981. The lowest BCUT2D eigenvalue weighted by molar-refractivity contribution is 1.09. The Morgan fingerprint density at radius 1 is 0.840 bits per heavy atom. The van der Waals surface area contributed by atoms with Crippen molar-refractivity contribution in [1.29, 1.82) is 0 Å². The molecule has 0 aliphatic rings. The fourth-order valence-corrected chi connectivity index (χ4v) is 2.26. The molecule has 0 spiro atoms. The van der Waals surface area contributed by atoms with Gasteiger partial charge in [0.2, 0.25) is 0 Å². The molecule has 2 rings (SSSR count). The predicted molar refractivity (Wildman–Crippen MR) is 119 cm³/mol. The number of hydrogen-bond acceptors (Lipinski definition) is 0. The number of rotatable bonds is 3. The summed E-state index contributed by atoms with van der Waals surface area (Å²) >= 11 is 0. The molecular weight excluding hydrogens is 300 g/mol. The standard InChI is InChI=1S/C18H20.C3H8.2C2H6/c1-13(2)18-11-14(3)9-10-17(18)12-16-8-6-5-7-15(16)4;1-3-2;2*1-2/h5-11H,1,12H2,2-4H3;3H2,1-2H3;2*1-2H3. The van der Waals surface area contributed by atoms with Crippen LogP contribution in [0.25, 0.3) is 5.57 Å². The quantitative estimate of drug-likeness (QED) is 0.526. The van der Waals surface area contributed by atoms with Gasteiger partial charge in [-0.3, -0.25) is 0 Å². The average molecular weight is 341 g/mol. The van der Waals surface area contributed by atoms with Crippen LogP contribution in [-0.2, 0) is 6.42 Å². The van der Waals surface area contributed by atoms with E-state index in [1.165, 1.54) is 34.2 Å². The number of benzene rings is 2. The monoisotopic (exact) mass is 340 g/mol. The molecule has 0 amide bonds. The Morgan fingerprint density at radius 2 is 1.36 bits per heavy atom. The molecule has 0 heteroatoms. The van der Waals surface area contributed by atoms with E-state index in [4.69, 9.17) is 0 Å². The van der Waals surface area contributed by atoms with E-state index < -0.39 is 0 Å². The number of allylic oxidation sites excluding steroid dienone is 1. The van der Waals surface area contributed by atoms with Crippen LogP contribution in [0.3, 0.4) is 0 Å². The third-order valence-corrected chi connectivity index (χ3v) is 3.37. The van der Waals surface area contributed by atoms with Gasteiger partial charge in [0.05, 0.1) is 0 Å². The van der Waals surface area contributed by atoms with E-state index in [9.17, 15) is 0 Å². The van der Waals surface area contributed by atoms with E-state index in [2.05, 4.69) is 83.7 Å². The van der Waals surface area contributed by atoms with E-state index >= 15 is 0 Å². The second-order valence-corrected chi connectivity index (χ2v) is 5.75. The van der Waals surface area contributed by atoms with Crippen molar-refractivity contribution in [3.8, 4) is 0 Å². The Labute approximate surface area is 158 Å². The van der Waals surface area contributed by atoms with E-state index in [-0.39, 0.29) is 0 Å². The van der Waals surface area contributed by atoms with Crippen molar-refractivity contribution in [3.63, 3.8) is 0 Å². The van der Waals surface area contributed by atoms with Crippen molar-refractivity contribution in [2.75, 3.05) is 0 Å². The second kappa shape index (κ2) is 15.7. The molecular formula is C25H40. The van der Waals surface area contributed by atoms with Gasteiger partial charge in [-0.15, -0.1) is 0 Å². The summed E-state index contributed by atoms with van der Waals surface area (Å²) in [5.41, 5.74) is 7.83. The molecule has 0 atom stereocenters. The lowest BCUT2D eigenvalue weighted by Gasteiger charge is -2.12. The van der Waals surface area contributed by atoms with E-state index in [1.54, 1.807) is 0 Å². The van der Waals surface area contributed by atoms with Crippen LogP contribution >= 0.6 is 0 Å². The van der Waals surface area contributed by atoms with Gasteiger partial charge in [-0.05, 0) is 49.4 Å². The summed E-state index contributed by atoms with van der Waals surface area (Å²) in [5.74, 6) is 0. The summed E-state index contributed by atoms with van der Waals surface area (Å²) in [5, 5.41) is 0. The Balaban J connectivity index is 0. The predicted octanol–water partition coefficient (Wildman–Crippen LogP) is 8.40. The highest BCUT2D eigenvalue weighted by atomic mass is 14.1. The molecule has 0 saturated heterocycles. The summed E-state index contributed by atoms with van der Waals surface area (Å²) < 4.78 is 0. The van der Waals surface area contributed by atoms with Crippen LogP contribution in [0.15, 0.2) is 49.0 Å². The lowest BCUT2D eigenvalue weighted by Crippen LogP contribution is -1.96. The Kier molecular flexibility index (Phi) is 16.0. The third-order valence-electron chi connectivity index (χ3n) is 3.37. The Hall–Kier alpha value is -1.82. The fourth-order valence-electron chi connectivity index (χ4n) is 2.26. The smallest absolute Gasteiger partial charge is 0.00171 e. The molecule has 0 saturated carbocycles. The second-order valence-electron chi connectivity index (χ2n) is 5.75. The maximum Gasteiger partial charge on any atom is -0.00171 e. The molecule has 0 fully saturated rings. The van der Waals surface area contributed by atoms with Crippen LogP contribution < -0.4 is 0 Å². The third kappa shape index (κ3) is 9.92. The highest BCUT2D eigenvalue weighted by molar-refractivity contribution is 5.65. The SMILES string of the molecule is C=C(C)c1cc(C)ccc1Cc1ccccc1C.CC.CC.CCC. The summed E-state index contributed by atoms with van der Waals surface area (Å²) in [4.78, 5) is 0. The van der Waals surface area contributed by atoms with Gasteiger partial charge in [0.25, 0.3) is 0 Å². The molecule has 0 heterocycles. The molecule has 2 aromatic rings. The van der Waals surface area contributed by atoms with Gasteiger partial charge in [-0.2, -0.15) is 0 Å². The molecule has 2 aromatic carbocycles. The number of aryl methyl sites for hydroxylation is 2. The first-order chi connectivity index (χ1) is 12.0. The summed E-state index contributed by atoms with van der Waals surface area (Å²) in [6.07, 6.45) is 2.23. The average Bonchev–Trinajstić information content (AvgIpc) is 2.62. The van der Waals surface area contributed by atoms with Crippen LogP contribution in [0.2, 0.25) is 0 Å². The molecule has 0 unspecified atom stereocenters. The maximum atomic E-state index is 4.09. The zero-order valence-electron chi connectivity index (χ0n) is 18.2. The normalized spacial score (nSPS) is 8.68. The van der Waals surface area contributed by atoms with Gasteiger partial charge in [-0.1, -0.05) is 108 Å². The van der Waals surface area contributed by atoms with Gasteiger partial charge in [0.15, 0.2) is 0 Å². The zero-order valence-corrected chi connectivity index (χ0v) is 18.2. The zero-order chi connectivity index (χ0) is 19.8. The van der Waals surface area contributed by atoms with Gasteiger partial charge in [0.1, 0.15) is 0 Å². The Morgan fingerprint density at radius 3 is 1.84 bits per heavy atom.